The average molecular weight is 330 g/mol. The van der Waals surface area contributed by atoms with Gasteiger partial charge in [0.2, 0.25) is 0 Å². The summed E-state index contributed by atoms with van der Waals surface area (Å²) >= 11 is 1.63. The Morgan fingerprint density at radius 1 is 0.957 bits per heavy atom. The number of ether oxygens (including phenoxy) is 1. The fourth-order valence-electron chi connectivity index (χ4n) is 1.87. The van der Waals surface area contributed by atoms with Gasteiger partial charge in [0.1, 0.15) is 0 Å². The molecule has 2 rings (SSSR count). The first-order valence-corrected chi connectivity index (χ1v) is 8.34. The predicted molar refractivity (Wildman–Crippen MR) is 93.3 cm³/mol. The fraction of sp³-hybridized carbons (Fsp3) is 0.176. The predicted octanol–water partition coefficient (Wildman–Crippen LogP) is 4.23. The molecule has 0 saturated heterocycles. The molecule has 0 aliphatic rings. The highest BCUT2D eigenvalue weighted by atomic mass is 32.2. The standard InChI is InChI=1S/C17H18N2O3S/c1-3-22-17(21)19-14-8-6-13(7-9-14)18-16(20)12-4-10-15(23-2)11-5-12/h4-11H,3H2,1-2H3,(H,18,20)(H,19,21). The third-order valence-electron chi connectivity index (χ3n) is 3.02. The summed E-state index contributed by atoms with van der Waals surface area (Å²) in [7, 11) is 0. The molecule has 0 unspecified atom stereocenters. The van der Waals surface area contributed by atoms with E-state index in [1.807, 2.05) is 18.4 Å². The van der Waals surface area contributed by atoms with Crippen molar-refractivity contribution in [1.82, 2.24) is 0 Å². The molecule has 2 aromatic rings. The van der Waals surface area contributed by atoms with E-state index in [0.29, 0.717) is 23.5 Å². The van der Waals surface area contributed by atoms with E-state index < -0.39 is 6.09 Å². The average Bonchev–Trinajstić information content (AvgIpc) is 2.57. The van der Waals surface area contributed by atoms with Crippen molar-refractivity contribution in [2.75, 3.05) is 23.5 Å². The highest BCUT2D eigenvalue weighted by Gasteiger charge is 2.07. The Labute approximate surface area is 139 Å². The van der Waals surface area contributed by atoms with E-state index in [4.69, 9.17) is 4.74 Å². The molecule has 0 aromatic heterocycles. The van der Waals surface area contributed by atoms with Crippen LogP contribution < -0.4 is 10.6 Å². The Hall–Kier alpha value is -2.47. The van der Waals surface area contributed by atoms with Crippen LogP contribution in [0.5, 0.6) is 0 Å². The largest absolute Gasteiger partial charge is 0.450 e. The number of amides is 2. The zero-order valence-electron chi connectivity index (χ0n) is 13.0. The van der Waals surface area contributed by atoms with Crippen LogP contribution >= 0.6 is 11.8 Å². The second kappa shape index (κ2) is 8.24. The van der Waals surface area contributed by atoms with Gasteiger partial charge in [0.25, 0.3) is 5.91 Å². The van der Waals surface area contributed by atoms with Crippen molar-refractivity contribution >= 4 is 35.1 Å². The minimum absolute atomic E-state index is 0.177. The lowest BCUT2D eigenvalue weighted by atomic mass is 10.2. The van der Waals surface area contributed by atoms with E-state index >= 15 is 0 Å². The Morgan fingerprint density at radius 3 is 2.04 bits per heavy atom. The van der Waals surface area contributed by atoms with Crippen LogP contribution in [0.15, 0.2) is 53.4 Å². The van der Waals surface area contributed by atoms with Crippen LogP contribution in [-0.2, 0) is 4.74 Å². The van der Waals surface area contributed by atoms with E-state index in [2.05, 4.69) is 10.6 Å². The second-order valence-electron chi connectivity index (χ2n) is 4.61. The quantitative estimate of drug-likeness (QED) is 0.805. The van der Waals surface area contributed by atoms with Crippen LogP contribution in [0, 0.1) is 0 Å². The Morgan fingerprint density at radius 2 is 1.52 bits per heavy atom. The Bertz CT molecular complexity index is 669. The summed E-state index contributed by atoms with van der Waals surface area (Å²) < 4.78 is 4.80. The zero-order valence-corrected chi connectivity index (χ0v) is 13.8. The number of nitrogens with one attached hydrogen (secondary N) is 2. The fourth-order valence-corrected chi connectivity index (χ4v) is 2.28. The smallest absolute Gasteiger partial charge is 0.411 e. The summed E-state index contributed by atoms with van der Waals surface area (Å²) in [4.78, 5) is 24.6. The van der Waals surface area contributed by atoms with Crippen molar-refractivity contribution in [2.45, 2.75) is 11.8 Å². The van der Waals surface area contributed by atoms with Gasteiger partial charge >= 0.3 is 6.09 Å². The molecule has 0 aliphatic heterocycles. The summed E-state index contributed by atoms with van der Waals surface area (Å²) in [5.74, 6) is -0.177. The van der Waals surface area contributed by atoms with Crippen molar-refractivity contribution in [3.05, 3.63) is 54.1 Å². The number of hydrogen-bond acceptors (Lipinski definition) is 4. The van der Waals surface area contributed by atoms with Gasteiger partial charge in [-0.2, -0.15) is 0 Å². The SMILES string of the molecule is CCOC(=O)Nc1ccc(NC(=O)c2ccc(SC)cc2)cc1. The Kier molecular flexibility index (Phi) is 6.05. The van der Waals surface area contributed by atoms with E-state index in [-0.39, 0.29) is 5.91 Å². The molecule has 0 bridgehead atoms. The number of carbonyl (C=O) groups excluding carboxylic acids is 2. The van der Waals surface area contributed by atoms with Gasteiger partial charge < -0.3 is 10.1 Å². The third kappa shape index (κ3) is 5.03. The maximum atomic E-state index is 12.2. The normalized spacial score (nSPS) is 10.0. The van der Waals surface area contributed by atoms with Crippen molar-refractivity contribution in [2.24, 2.45) is 0 Å². The van der Waals surface area contributed by atoms with Crippen LogP contribution in [0.2, 0.25) is 0 Å². The van der Waals surface area contributed by atoms with E-state index in [0.717, 1.165) is 4.90 Å². The highest BCUT2D eigenvalue weighted by molar-refractivity contribution is 7.98. The topological polar surface area (TPSA) is 67.4 Å². The molecule has 0 aliphatic carbocycles. The van der Waals surface area contributed by atoms with Crippen LogP contribution in [0.1, 0.15) is 17.3 Å². The first-order chi connectivity index (χ1) is 11.1. The second-order valence-corrected chi connectivity index (χ2v) is 5.49. The summed E-state index contributed by atoms with van der Waals surface area (Å²) in [5.41, 5.74) is 1.85. The number of carbonyl (C=O) groups is 2. The van der Waals surface area contributed by atoms with Gasteiger partial charge in [-0.25, -0.2) is 4.79 Å². The van der Waals surface area contributed by atoms with Crippen LogP contribution in [0.3, 0.4) is 0 Å². The van der Waals surface area contributed by atoms with Crippen LogP contribution in [0.4, 0.5) is 16.2 Å². The lowest BCUT2D eigenvalue weighted by Crippen LogP contribution is -2.14. The first kappa shape index (κ1) is 16.9. The van der Waals surface area contributed by atoms with Gasteiger partial charge in [0, 0.05) is 21.8 Å². The van der Waals surface area contributed by atoms with Gasteiger partial charge in [-0.15, -0.1) is 11.8 Å². The summed E-state index contributed by atoms with van der Waals surface area (Å²) in [6.45, 7) is 2.05. The molecule has 0 radical (unpaired) electrons. The molecule has 5 nitrogen and oxygen atoms in total. The minimum Gasteiger partial charge on any atom is -0.450 e. The van der Waals surface area contributed by atoms with Crippen LogP contribution in [-0.4, -0.2) is 24.9 Å². The van der Waals surface area contributed by atoms with Gasteiger partial charge in [-0.3, -0.25) is 10.1 Å². The van der Waals surface area contributed by atoms with Crippen LogP contribution in [0.25, 0.3) is 0 Å². The monoisotopic (exact) mass is 330 g/mol. The molecule has 0 atom stereocenters. The number of benzene rings is 2. The van der Waals surface area contributed by atoms with Gasteiger partial charge in [0.05, 0.1) is 6.61 Å². The molecule has 0 spiro atoms. The van der Waals surface area contributed by atoms with E-state index in [9.17, 15) is 9.59 Å². The first-order valence-electron chi connectivity index (χ1n) is 7.11. The van der Waals surface area contributed by atoms with Gasteiger partial charge in [0.15, 0.2) is 0 Å². The maximum absolute atomic E-state index is 12.2. The molecule has 0 heterocycles. The van der Waals surface area contributed by atoms with Crippen molar-refractivity contribution in [1.29, 1.82) is 0 Å². The Balaban J connectivity index is 1.96. The molecular weight excluding hydrogens is 312 g/mol. The molecule has 2 amide bonds. The van der Waals surface area contributed by atoms with Crippen molar-refractivity contribution < 1.29 is 14.3 Å². The van der Waals surface area contributed by atoms with Gasteiger partial charge in [-0.05, 0) is 61.7 Å². The molecule has 2 N–H and O–H groups in total. The van der Waals surface area contributed by atoms with Crippen molar-refractivity contribution in [3.8, 4) is 0 Å². The molecule has 0 saturated carbocycles. The molecule has 120 valence electrons. The number of thioether (sulfide) groups is 1. The lowest BCUT2D eigenvalue weighted by molar-refractivity contribution is 0.102. The molecular formula is C17H18N2O3S. The van der Waals surface area contributed by atoms with Gasteiger partial charge in [-0.1, -0.05) is 0 Å². The number of anilines is 2. The maximum Gasteiger partial charge on any atom is 0.411 e. The highest BCUT2D eigenvalue weighted by Crippen LogP contribution is 2.17. The summed E-state index contributed by atoms with van der Waals surface area (Å²) in [6.07, 6.45) is 1.49. The number of hydrogen-bond donors (Lipinski definition) is 2. The molecule has 6 heteroatoms. The zero-order chi connectivity index (χ0) is 16.7. The van der Waals surface area contributed by atoms with E-state index in [1.165, 1.54) is 0 Å². The molecule has 23 heavy (non-hydrogen) atoms. The third-order valence-corrected chi connectivity index (χ3v) is 3.76. The summed E-state index contributed by atoms with van der Waals surface area (Å²) in [5, 5.41) is 5.40. The molecule has 0 fully saturated rings. The van der Waals surface area contributed by atoms with E-state index in [1.54, 1.807) is 55.1 Å². The lowest BCUT2D eigenvalue weighted by Gasteiger charge is -2.08. The number of rotatable bonds is 5. The summed E-state index contributed by atoms with van der Waals surface area (Å²) in [6, 6.07) is 14.2. The van der Waals surface area contributed by atoms with Crippen molar-refractivity contribution in [3.63, 3.8) is 0 Å². The minimum atomic E-state index is -0.502. The molecule has 2 aromatic carbocycles.